The van der Waals surface area contributed by atoms with Crippen molar-refractivity contribution in [3.8, 4) is 11.8 Å². The van der Waals surface area contributed by atoms with Crippen LogP contribution in [0, 0.1) is 25.7 Å². The topological polar surface area (TPSA) is 55.1 Å². The van der Waals surface area contributed by atoms with Gasteiger partial charge in [0.2, 0.25) is 0 Å². The van der Waals surface area contributed by atoms with Gasteiger partial charge in [-0.1, -0.05) is 30.0 Å². The average molecular weight is 278 g/mol. The Kier molecular flexibility index (Phi) is 4.76. The smallest absolute Gasteiger partial charge is 0.255 e. The highest BCUT2D eigenvalue weighted by molar-refractivity contribution is 6.05. The summed E-state index contributed by atoms with van der Waals surface area (Å²) in [6.07, 6.45) is 0. The van der Waals surface area contributed by atoms with Gasteiger partial charge in [-0.3, -0.25) is 4.79 Å². The minimum absolute atomic E-state index is 0.103. The second-order valence-corrected chi connectivity index (χ2v) is 4.80. The zero-order valence-electron chi connectivity index (χ0n) is 12.2. The van der Waals surface area contributed by atoms with Crippen LogP contribution in [0.4, 0.5) is 5.69 Å². The highest BCUT2D eigenvalue weighted by Gasteiger charge is 2.08. The molecule has 2 rings (SSSR count). The van der Waals surface area contributed by atoms with E-state index in [0.717, 1.165) is 22.4 Å². The number of hydrogen-bond acceptors (Lipinski definition) is 2. The molecule has 0 unspecified atom stereocenters. The lowest BCUT2D eigenvalue weighted by molar-refractivity contribution is 0.102. The molecule has 0 atom stereocenters. The van der Waals surface area contributed by atoms with E-state index in [2.05, 4.69) is 17.2 Å². The van der Waals surface area contributed by atoms with E-state index in [4.69, 9.17) is 5.73 Å². The number of nitrogens with two attached hydrogens (primary N) is 1. The maximum absolute atomic E-state index is 12.2. The van der Waals surface area contributed by atoms with Crippen molar-refractivity contribution in [2.24, 2.45) is 5.73 Å². The van der Waals surface area contributed by atoms with Crippen molar-refractivity contribution in [2.45, 2.75) is 13.8 Å². The molecule has 0 saturated heterocycles. The van der Waals surface area contributed by atoms with Crippen LogP contribution in [0.2, 0.25) is 0 Å². The van der Waals surface area contributed by atoms with Gasteiger partial charge in [-0.05, 0) is 49.2 Å². The Labute approximate surface area is 125 Å². The van der Waals surface area contributed by atoms with Gasteiger partial charge in [0.25, 0.3) is 5.91 Å². The summed E-state index contributed by atoms with van der Waals surface area (Å²) in [6, 6.07) is 13.2. The predicted molar refractivity (Wildman–Crippen MR) is 86.2 cm³/mol. The van der Waals surface area contributed by atoms with Crippen LogP contribution in [0.15, 0.2) is 42.5 Å². The van der Waals surface area contributed by atoms with Gasteiger partial charge in [0.05, 0.1) is 6.54 Å². The molecule has 0 spiro atoms. The van der Waals surface area contributed by atoms with Crippen LogP contribution in [-0.2, 0) is 0 Å². The summed E-state index contributed by atoms with van der Waals surface area (Å²) in [5.41, 5.74) is 9.71. The molecule has 3 heteroatoms. The molecule has 1 amide bonds. The van der Waals surface area contributed by atoms with Gasteiger partial charge in [0.15, 0.2) is 0 Å². The highest BCUT2D eigenvalue weighted by atomic mass is 16.1. The summed E-state index contributed by atoms with van der Waals surface area (Å²) >= 11 is 0. The second kappa shape index (κ2) is 6.74. The molecule has 106 valence electrons. The van der Waals surface area contributed by atoms with E-state index < -0.39 is 0 Å². The summed E-state index contributed by atoms with van der Waals surface area (Å²) in [4.78, 5) is 12.2. The van der Waals surface area contributed by atoms with Crippen LogP contribution in [0.5, 0.6) is 0 Å². The van der Waals surface area contributed by atoms with Gasteiger partial charge < -0.3 is 11.1 Å². The molecular weight excluding hydrogens is 260 g/mol. The molecule has 0 bridgehead atoms. The number of amides is 1. The molecule has 0 aromatic heterocycles. The van der Waals surface area contributed by atoms with E-state index in [-0.39, 0.29) is 5.91 Å². The minimum atomic E-state index is -0.103. The summed E-state index contributed by atoms with van der Waals surface area (Å²) in [6.45, 7) is 4.22. The fourth-order valence-corrected chi connectivity index (χ4v) is 2.05. The summed E-state index contributed by atoms with van der Waals surface area (Å²) in [5, 5.41) is 2.91. The Morgan fingerprint density at radius 3 is 2.57 bits per heavy atom. The first-order chi connectivity index (χ1) is 10.1. The monoisotopic (exact) mass is 278 g/mol. The summed E-state index contributed by atoms with van der Waals surface area (Å²) in [7, 11) is 0. The molecule has 3 nitrogen and oxygen atoms in total. The first-order valence-electron chi connectivity index (χ1n) is 6.78. The molecule has 0 saturated carbocycles. The zero-order valence-corrected chi connectivity index (χ0v) is 12.2. The number of benzene rings is 2. The number of carbonyl (C=O) groups is 1. The van der Waals surface area contributed by atoms with Crippen molar-refractivity contribution in [1.82, 2.24) is 0 Å². The Balaban J connectivity index is 2.19. The minimum Gasteiger partial charge on any atom is -0.322 e. The van der Waals surface area contributed by atoms with Gasteiger partial charge in [0.1, 0.15) is 0 Å². The SMILES string of the molecule is Cc1cc(NC(=O)c2ccccc2C)ccc1C#CCN. The number of carbonyl (C=O) groups excluding carboxylic acids is 1. The zero-order chi connectivity index (χ0) is 15.2. The summed E-state index contributed by atoms with van der Waals surface area (Å²) < 4.78 is 0. The van der Waals surface area contributed by atoms with Crippen LogP contribution in [0.25, 0.3) is 0 Å². The third-order valence-corrected chi connectivity index (χ3v) is 3.20. The Bertz CT molecular complexity index is 723. The van der Waals surface area contributed by atoms with Crippen molar-refractivity contribution >= 4 is 11.6 Å². The van der Waals surface area contributed by atoms with E-state index in [0.29, 0.717) is 12.1 Å². The van der Waals surface area contributed by atoms with E-state index in [9.17, 15) is 4.79 Å². The standard InChI is InChI=1S/C18H18N2O/c1-13-6-3-4-8-17(13)18(21)20-16-10-9-15(7-5-11-19)14(2)12-16/h3-4,6,8-10,12H,11,19H2,1-2H3,(H,20,21). The summed E-state index contributed by atoms with van der Waals surface area (Å²) in [5.74, 6) is 5.73. The van der Waals surface area contributed by atoms with Crippen LogP contribution in [0.3, 0.4) is 0 Å². The number of anilines is 1. The molecule has 2 aromatic rings. The highest BCUT2D eigenvalue weighted by Crippen LogP contribution is 2.16. The van der Waals surface area contributed by atoms with Crippen LogP contribution in [0.1, 0.15) is 27.0 Å². The van der Waals surface area contributed by atoms with Crippen LogP contribution < -0.4 is 11.1 Å². The fraction of sp³-hybridized carbons (Fsp3) is 0.167. The molecule has 0 aliphatic rings. The maximum Gasteiger partial charge on any atom is 0.255 e. The largest absolute Gasteiger partial charge is 0.322 e. The Morgan fingerprint density at radius 1 is 1.14 bits per heavy atom. The van der Waals surface area contributed by atoms with Gasteiger partial charge in [-0.25, -0.2) is 0 Å². The first kappa shape index (κ1) is 14.8. The van der Waals surface area contributed by atoms with Gasteiger partial charge in [-0.15, -0.1) is 0 Å². The van der Waals surface area contributed by atoms with E-state index in [1.54, 1.807) is 0 Å². The molecule has 2 aromatic carbocycles. The number of aryl methyl sites for hydroxylation is 2. The van der Waals surface area contributed by atoms with E-state index in [1.807, 2.05) is 56.3 Å². The molecule has 0 aliphatic carbocycles. The lowest BCUT2D eigenvalue weighted by atomic mass is 10.1. The first-order valence-corrected chi connectivity index (χ1v) is 6.78. The van der Waals surface area contributed by atoms with Crippen LogP contribution in [-0.4, -0.2) is 12.5 Å². The third-order valence-electron chi connectivity index (χ3n) is 3.20. The Morgan fingerprint density at radius 2 is 1.90 bits per heavy atom. The molecule has 3 N–H and O–H groups in total. The van der Waals surface area contributed by atoms with Gasteiger partial charge >= 0.3 is 0 Å². The van der Waals surface area contributed by atoms with E-state index >= 15 is 0 Å². The van der Waals surface area contributed by atoms with Crippen molar-refractivity contribution in [3.05, 3.63) is 64.7 Å². The third kappa shape index (κ3) is 3.71. The van der Waals surface area contributed by atoms with Crippen molar-refractivity contribution in [3.63, 3.8) is 0 Å². The van der Waals surface area contributed by atoms with Crippen molar-refractivity contribution in [1.29, 1.82) is 0 Å². The predicted octanol–water partition coefficient (Wildman–Crippen LogP) is 2.87. The lowest BCUT2D eigenvalue weighted by Gasteiger charge is -2.09. The molecular formula is C18H18N2O. The van der Waals surface area contributed by atoms with Crippen molar-refractivity contribution < 1.29 is 4.79 Å². The normalized spacial score (nSPS) is 9.67. The molecule has 0 heterocycles. The van der Waals surface area contributed by atoms with Gasteiger partial charge in [-0.2, -0.15) is 0 Å². The molecule has 0 radical (unpaired) electrons. The molecule has 0 aliphatic heterocycles. The quantitative estimate of drug-likeness (QED) is 0.830. The number of rotatable bonds is 2. The van der Waals surface area contributed by atoms with Crippen LogP contribution >= 0.6 is 0 Å². The molecule has 21 heavy (non-hydrogen) atoms. The number of nitrogens with one attached hydrogen (secondary N) is 1. The van der Waals surface area contributed by atoms with Crippen molar-refractivity contribution in [2.75, 3.05) is 11.9 Å². The maximum atomic E-state index is 12.2. The lowest BCUT2D eigenvalue weighted by Crippen LogP contribution is -2.13. The molecule has 0 fully saturated rings. The number of hydrogen-bond donors (Lipinski definition) is 2. The van der Waals surface area contributed by atoms with Gasteiger partial charge in [0, 0.05) is 16.8 Å². The Hall–Kier alpha value is -2.57. The second-order valence-electron chi connectivity index (χ2n) is 4.80. The van der Waals surface area contributed by atoms with E-state index in [1.165, 1.54) is 0 Å². The average Bonchev–Trinajstić information content (AvgIpc) is 2.47. The fourth-order valence-electron chi connectivity index (χ4n) is 2.05.